The summed E-state index contributed by atoms with van der Waals surface area (Å²) in [6, 6.07) is 7.15. The van der Waals surface area contributed by atoms with E-state index in [9.17, 15) is 20.1 Å². The quantitative estimate of drug-likeness (QED) is 0.629. The molecule has 3 N–H and O–H groups in total. The molecule has 0 amide bonds. The van der Waals surface area contributed by atoms with Crippen LogP contribution in [0.1, 0.15) is 0 Å². The molecule has 0 atom stereocenters. The molecule has 0 spiro atoms. The summed E-state index contributed by atoms with van der Waals surface area (Å²) < 4.78 is 10.5. The zero-order chi connectivity index (χ0) is 15.9. The summed E-state index contributed by atoms with van der Waals surface area (Å²) in [6.45, 7) is 0. The summed E-state index contributed by atoms with van der Waals surface area (Å²) in [5, 5.41) is 28.8. The van der Waals surface area contributed by atoms with E-state index in [1.54, 1.807) is 18.2 Å². The maximum Gasteiger partial charge on any atom is 0.200 e. The summed E-state index contributed by atoms with van der Waals surface area (Å²) in [5.74, 6) is -1.13. The van der Waals surface area contributed by atoms with Crippen molar-refractivity contribution >= 4 is 11.0 Å². The molecule has 6 nitrogen and oxygen atoms in total. The van der Waals surface area contributed by atoms with Crippen LogP contribution in [0.5, 0.6) is 23.0 Å². The van der Waals surface area contributed by atoms with Crippen molar-refractivity contribution in [3.63, 3.8) is 0 Å². The Morgan fingerprint density at radius 3 is 2.36 bits per heavy atom. The normalized spacial score (nSPS) is 10.8. The number of hydrogen-bond acceptors (Lipinski definition) is 6. The van der Waals surface area contributed by atoms with Crippen LogP contribution in [-0.2, 0) is 0 Å². The maximum atomic E-state index is 12.5. The van der Waals surface area contributed by atoms with Crippen LogP contribution in [0.3, 0.4) is 0 Å². The van der Waals surface area contributed by atoms with E-state index in [0.717, 1.165) is 0 Å². The second-order valence-corrected chi connectivity index (χ2v) is 4.70. The first-order chi connectivity index (χ1) is 10.5. The Morgan fingerprint density at radius 1 is 1.05 bits per heavy atom. The highest BCUT2D eigenvalue weighted by atomic mass is 16.5. The van der Waals surface area contributed by atoms with Gasteiger partial charge >= 0.3 is 0 Å². The van der Waals surface area contributed by atoms with Crippen LogP contribution in [0, 0.1) is 0 Å². The number of fused-ring (bicyclic) bond motifs is 1. The Kier molecular flexibility index (Phi) is 3.14. The third kappa shape index (κ3) is 2.10. The molecule has 0 aliphatic rings. The first-order valence-corrected chi connectivity index (χ1v) is 6.36. The minimum Gasteiger partial charge on any atom is -0.504 e. The van der Waals surface area contributed by atoms with E-state index < -0.39 is 17.2 Å². The van der Waals surface area contributed by atoms with Gasteiger partial charge in [-0.3, -0.25) is 4.79 Å². The standard InChI is InChI=1S/C16H12O6/c1-21-9-2-3-10-14(6-9)22-7-11(15(10)19)8-4-12(17)16(20)13(18)5-8/h2-7,17-18,20H,1H3. The molecule has 6 heteroatoms. The number of hydrogen-bond donors (Lipinski definition) is 3. The zero-order valence-electron chi connectivity index (χ0n) is 11.5. The summed E-state index contributed by atoms with van der Waals surface area (Å²) >= 11 is 0. The highest BCUT2D eigenvalue weighted by Crippen LogP contribution is 2.38. The number of methoxy groups -OCH3 is 1. The molecule has 0 aliphatic heterocycles. The van der Waals surface area contributed by atoms with Gasteiger partial charge in [0.2, 0.25) is 0 Å². The van der Waals surface area contributed by atoms with E-state index in [1.807, 2.05) is 0 Å². The zero-order valence-corrected chi connectivity index (χ0v) is 11.5. The van der Waals surface area contributed by atoms with Gasteiger partial charge in [0.15, 0.2) is 22.7 Å². The van der Waals surface area contributed by atoms with Crippen molar-refractivity contribution in [3.05, 3.63) is 46.8 Å². The predicted molar refractivity (Wildman–Crippen MR) is 79.5 cm³/mol. The molecular weight excluding hydrogens is 288 g/mol. The number of benzene rings is 2. The topological polar surface area (TPSA) is 100 Å². The fourth-order valence-electron chi connectivity index (χ4n) is 2.19. The fraction of sp³-hybridized carbons (Fsp3) is 0.0625. The molecule has 3 aromatic rings. The van der Waals surface area contributed by atoms with Crippen molar-refractivity contribution in [2.24, 2.45) is 0 Å². The molecule has 0 saturated carbocycles. The van der Waals surface area contributed by atoms with Crippen LogP contribution in [0.15, 0.2) is 45.8 Å². The molecule has 1 aromatic heterocycles. The Labute approximate surface area is 124 Å². The average Bonchev–Trinajstić information content (AvgIpc) is 2.52. The predicted octanol–water partition coefficient (Wildman–Crippen LogP) is 2.59. The van der Waals surface area contributed by atoms with Gasteiger partial charge in [0.05, 0.1) is 18.1 Å². The lowest BCUT2D eigenvalue weighted by Gasteiger charge is -2.07. The van der Waals surface area contributed by atoms with E-state index in [1.165, 1.54) is 25.5 Å². The van der Waals surface area contributed by atoms with Gasteiger partial charge < -0.3 is 24.5 Å². The molecule has 3 rings (SSSR count). The van der Waals surface area contributed by atoms with Gasteiger partial charge in [-0.15, -0.1) is 0 Å². The Bertz CT molecular complexity index is 903. The van der Waals surface area contributed by atoms with Crippen molar-refractivity contribution in [1.29, 1.82) is 0 Å². The van der Waals surface area contributed by atoms with Crippen molar-refractivity contribution in [2.75, 3.05) is 7.11 Å². The SMILES string of the molecule is COc1ccc2c(=O)c(-c3cc(O)c(O)c(O)c3)coc2c1. The number of rotatable bonds is 2. The van der Waals surface area contributed by atoms with E-state index in [0.29, 0.717) is 16.7 Å². The third-order valence-electron chi connectivity index (χ3n) is 3.36. The first kappa shape index (κ1) is 13.8. The van der Waals surface area contributed by atoms with Crippen LogP contribution in [0.4, 0.5) is 0 Å². The van der Waals surface area contributed by atoms with E-state index >= 15 is 0 Å². The summed E-state index contributed by atoms with van der Waals surface area (Å²) in [5.41, 5.74) is 0.427. The monoisotopic (exact) mass is 300 g/mol. The van der Waals surface area contributed by atoms with Gasteiger partial charge in [-0.1, -0.05) is 0 Å². The van der Waals surface area contributed by atoms with Gasteiger partial charge in [0.25, 0.3) is 0 Å². The van der Waals surface area contributed by atoms with Gasteiger partial charge in [-0.2, -0.15) is 0 Å². The third-order valence-corrected chi connectivity index (χ3v) is 3.36. The molecular formula is C16H12O6. The van der Waals surface area contributed by atoms with Gasteiger partial charge in [0.1, 0.15) is 17.6 Å². The van der Waals surface area contributed by atoms with Crippen molar-refractivity contribution in [1.82, 2.24) is 0 Å². The van der Waals surface area contributed by atoms with Crippen LogP contribution in [-0.4, -0.2) is 22.4 Å². The summed E-state index contributed by atoms with van der Waals surface area (Å²) in [6.07, 6.45) is 1.23. The molecule has 0 radical (unpaired) electrons. The van der Waals surface area contributed by atoms with E-state index in [2.05, 4.69) is 0 Å². The Morgan fingerprint density at radius 2 is 1.73 bits per heavy atom. The molecule has 0 aliphatic carbocycles. The van der Waals surface area contributed by atoms with Gasteiger partial charge in [0, 0.05) is 6.07 Å². The lowest BCUT2D eigenvalue weighted by Crippen LogP contribution is -2.04. The van der Waals surface area contributed by atoms with Gasteiger partial charge in [-0.05, 0) is 29.8 Å². The van der Waals surface area contributed by atoms with Crippen LogP contribution < -0.4 is 10.2 Å². The minimum atomic E-state index is -0.640. The minimum absolute atomic E-state index is 0.156. The molecule has 22 heavy (non-hydrogen) atoms. The molecule has 2 aromatic carbocycles. The summed E-state index contributed by atoms with van der Waals surface area (Å²) in [4.78, 5) is 12.5. The Balaban J connectivity index is 2.24. The molecule has 1 heterocycles. The smallest absolute Gasteiger partial charge is 0.200 e. The number of ether oxygens (including phenoxy) is 1. The van der Waals surface area contributed by atoms with Crippen molar-refractivity contribution in [2.45, 2.75) is 0 Å². The highest BCUT2D eigenvalue weighted by molar-refractivity contribution is 5.83. The molecule has 112 valence electrons. The number of phenolic OH excluding ortho intramolecular Hbond substituents is 3. The second-order valence-electron chi connectivity index (χ2n) is 4.70. The van der Waals surface area contributed by atoms with E-state index in [-0.39, 0.29) is 16.6 Å². The maximum absolute atomic E-state index is 12.5. The number of aromatic hydroxyl groups is 3. The van der Waals surface area contributed by atoms with Crippen molar-refractivity contribution in [3.8, 4) is 34.1 Å². The average molecular weight is 300 g/mol. The highest BCUT2D eigenvalue weighted by Gasteiger charge is 2.14. The fourth-order valence-corrected chi connectivity index (χ4v) is 2.19. The van der Waals surface area contributed by atoms with Crippen LogP contribution in [0.25, 0.3) is 22.1 Å². The first-order valence-electron chi connectivity index (χ1n) is 6.36. The second kappa shape index (κ2) is 5.00. The molecule has 0 fully saturated rings. The lowest BCUT2D eigenvalue weighted by atomic mass is 10.0. The van der Waals surface area contributed by atoms with Crippen molar-refractivity contribution < 1.29 is 24.5 Å². The molecule has 0 saturated heterocycles. The molecule has 0 unspecified atom stereocenters. The lowest BCUT2D eigenvalue weighted by molar-refractivity contribution is 0.368. The van der Waals surface area contributed by atoms with Crippen LogP contribution >= 0.6 is 0 Å². The number of phenols is 3. The molecule has 0 bridgehead atoms. The largest absolute Gasteiger partial charge is 0.504 e. The Hall–Kier alpha value is -3.15. The van der Waals surface area contributed by atoms with E-state index in [4.69, 9.17) is 9.15 Å². The summed E-state index contributed by atoms with van der Waals surface area (Å²) in [7, 11) is 1.51. The van der Waals surface area contributed by atoms with Crippen LogP contribution in [0.2, 0.25) is 0 Å². The van der Waals surface area contributed by atoms with Gasteiger partial charge in [-0.25, -0.2) is 0 Å².